The SMILES string of the molecule is C=C1C[C@]23C[C@@]1(O)CCC2[C@@]12CC[C@H](O)[C@](C)(C(=O)O1)C2C3C(=O)O. The zero-order chi connectivity index (χ0) is 18.0. The fourth-order valence-electron chi connectivity index (χ4n) is 7.65. The first-order valence-electron chi connectivity index (χ1n) is 9.17. The minimum absolute atomic E-state index is 0.0936. The maximum absolute atomic E-state index is 12.7. The summed E-state index contributed by atoms with van der Waals surface area (Å²) in [5.74, 6) is -2.86. The Balaban J connectivity index is 1.76. The lowest BCUT2D eigenvalue weighted by Crippen LogP contribution is -2.53. The number of carbonyl (C=O) groups is 2. The highest BCUT2D eigenvalue weighted by molar-refractivity contribution is 5.85. The quantitative estimate of drug-likeness (QED) is 0.487. The lowest BCUT2D eigenvalue weighted by Gasteiger charge is -2.45. The topological polar surface area (TPSA) is 104 Å². The van der Waals surface area contributed by atoms with Crippen molar-refractivity contribution in [3.8, 4) is 0 Å². The van der Waals surface area contributed by atoms with Crippen LogP contribution < -0.4 is 0 Å². The molecule has 1 saturated heterocycles. The van der Waals surface area contributed by atoms with Gasteiger partial charge in [0.25, 0.3) is 0 Å². The van der Waals surface area contributed by atoms with Gasteiger partial charge in [0.2, 0.25) is 0 Å². The van der Waals surface area contributed by atoms with Gasteiger partial charge in [0, 0.05) is 11.8 Å². The summed E-state index contributed by atoms with van der Waals surface area (Å²) in [6, 6.07) is 0. The molecule has 136 valence electrons. The Morgan fingerprint density at radius 1 is 1.32 bits per heavy atom. The first-order valence-corrected chi connectivity index (χ1v) is 9.17. The Bertz CT molecular complexity index is 731. The van der Waals surface area contributed by atoms with E-state index in [0.717, 1.165) is 0 Å². The number of aliphatic carboxylic acids is 1. The summed E-state index contributed by atoms with van der Waals surface area (Å²) in [5.41, 5.74) is -2.93. The van der Waals surface area contributed by atoms with Gasteiger partial charge in [-0.05, 0) is 56.4 Å². The van der Waals surface area contributed by atoms with Crippen molar-refractivity contribution >= 4 is 11.9 Å². The van der Waals surface area contributed by atoms with E-state index in [1.807, 2.05) is 0 Å². The average molecular weight is 348 g/mol. The molecule has 8 atom stereocenters. The number of aliphatic hydroxyl groups is 2. The largest absolute Gasteiger partial charge is 0.481 e. The molecule has 4 bridgehead atoms. The Labute approximate surface area is 145 Å². The van der Waals surface area contributed by atoms with Crippen molar-refractivity contribution in [1.82, 2.24) is 0 Å². The van der Waals surface area contributed by atoms with Gasteiger partial charge in [-0.1, -0.05) is 6.58 Å². The third-order valence-corrected chi connectivity index (χ3v) is 8.57. The van der Waals surface area contributed by atoms with Gasteiger partial charge in [0.05, 0.1) is 23.0 Å². The van der Waals surface area contributed by atoms with Crippen molar-refractivity contribution < 1.29 is 29.6 Å². The Kier molecular flexibility index (Phi) is 2.61. The molecular weight excluding hydrogens is 324 g/mol. The van der Waals surface area contributed by atoms with E-state index in [4.69, 9.17) is 4.74 Å². The fourth-order valence-corrected chi connectivity index (χ4v) is 7.65. The third-order valence-electron chi connectivity index (χ3n) is 8.57. The normalized spacial score (nSPS) is 58.7. The predicted molar refractivity (Wildman–Crippen MR) is 85.3 cm³/mol. The second kappa shape index (κ2) is 4.12. The average Bonchev–Trinajstić information content (AvgIpc) is 2.95. The number of rotatable bonds is 1. The van der Waals surface area contributed by atoms with Crippen LogP contribution in [-0.4, -0.2) is 44.6 Å². The number of hydrogen-bond acceptors (Lipinski definition) is 5. The molecule has 1 heterocycles. The predicted octanol–water partition coefficient (Wildman–Crippen LogP) is 1.25. The molecule has 4 saturated carbocycles. The van der Waals surface area contributed by atoms with Gasteiger partial charge in [-0.15, -0.1) is 0 Å². The summed E-state index contributed by atoms with van der Waals surface area (Å²) >= 11 is 0. The zero-order valence-corrected chi connectivity index (χ0v) is 14.3. The van der Waals surface area contributed by atoms with Crippen LogP contribution in [0.15, 0.2) is 12.2 Å². The van der Waals surface area contributed by atoms with Crippen molar-refractivity contribution in [2.24, 2.45) is 28.6 Å². The minimum Gasteiger partial charge on any atom is -0.481 e. The molecule has 0 aromatic carbocycles. The molecule has 1 spiro atoms. The molecule has 6 heteroatoms. The van der Waals surface area contributed by atoms with Crippen LogP contribution in [0.3, 0.4) is 0 Å². The molecule has 0 aromatic heterocycles. The summed E-state index contributed by atoms with van der Waals surface area (Å²) in [4.78, 5) is 25.1. The van der Waals surface area contributed by atoms with Crippen LogP contribution in [0.4, 0.5) is 0 Å². The highest BCUT2D eigenvalue weighted by Crippen LogP contribution is 2.78. The van der Waals surface area contributed by atoms with E-state index in [1.54, 1.807) is 6.92 Å². The molecule has 0 amide bonds. The summed E-state index contributed by atoms with van der Waals surface area (Å²) in [5, 5.41) is 31.7. The van der Waals surface area contributed by atoms with Crippen LogP contribution in [0.25, 0.3) is 0 Å². The number of ether oxygens (including phenoxy) is 1. The van der Waals surface area contributed by atoms with Gasteiger partial charge in [0.1, 0.15) is 5.60 Å². The smallest absolute Gasteiger partial charge is 0.315 e. The molecule has 5 aliphatic rings. The fraction of sp³-hybridized carbons (Fsp3) is 0.789. The Morgan fingerprint density at radius 3 is 2.72 bits per heavy atom. The minimum atomic E-state index is -1.19. The number of fused-ring (bicyclic) bond motifs is 1. The number of carboxylic acid groups (broad SMARTS) is 1. The third kappa shape index (κ3) is 1.41. The van der Waals surface area contributed by atoms with E-state index in [2.05, 4.69) is 6.58 Å². The molecule has 1 aliphatic heterocycles. The molecule has 25 heavy (non-hydrogen) atoms. The first-order chi connectivity index (χ1) is 11.6. The highest BCUT2D eigenvalue weighted by Gasteiger charge is 2.84. The number of aliphatic hydroxyl groups excluding tert-OH is 1. The molecule has 3 N–H and O–H groups in total. The standard InChI is InChI=1S/C19H24O6/c1-9-7-17-8-18(9,24)5-3-10(17)19-6-4-11(20)16(2,15(23)25-19)13(19)12(17)14(21)22/h10-13,20,24H,1,3-8H2,2H3,(H,21,22)/t10?,11-,12?,13?,16-,17-,18-,19+/m0/s1. The molecule has 4 aliphatic carbocycles. The molecule has 0 radical (unpaired) electrons. The lowest BCUT2D eigenvalue weighted by molar-refractivity contribution is -0.164. The number of carbonyl (C=O) groups excluding carboxylic acids is 1. The molecule has 6 nitrogen and oxygen atoms in total. The molecule has 5 fully saturated rings. The van der Waals surface area contributed by atoms with Gasteiger partial charge < -0.3 is 20.1 Å². The van der Waals surface area contributed by atoms with Crippen LogP contribution in [0.2, 0.25) is 0 Å². The second-order valence-electron chi connectivity index (χ2n) is 9.29. The van der Waals surface area contributed by atoms with Crippen molar-refractivity contribution in [1.29, 1.82) is 0 Å². The van der Waals surface area contributed by atoms with Crippen LogP contribution in [-0.2, 0) is 14.3 Å². The van der Waals surface area contributed by atoms with E-state index in [1.165, 1.54) is 0 Å². The van der Waals surface area contributed by atoms with Crippen LogP contribution in [0.1, 0.15) is 45.4 Å². The van der Waals surface area contributed by atoms with E-state index >= 15 is 0 Å². The summed E-state index contributed by atoms with van der Waals surface area (Å²) in [6.45, 7) is 5.71. The van der Waals surface area contributed by atoms with Crippen molar-refractivity contribution in [3.63, 3.8) is 0 Å². The number of hydrogen-bond donors (Lipinski definition) is 3. The molecule has 3 unspecified atom stereocenters. The van der Waals surface area contributed by atoms with E-state index < -0.39 is 51.9 Å². The van der Waals surface area contributed by atoms with Crippen LogP contribution in [0.5, 0.6) is 0 Å². The number of esters is 1. The van der Waals surface area contributed by atoms with Gasteiger partial charge in [-0.2, -0.15) is 0 Å². The summed E-state index contributed by atoms with van der Waals surface area (Å²) in [6.07, 6.45) is 2.08. The van der Waals surface area contributed by atoms with Crippen molar-refractivity contribution in [2.45, 2.75) is 62.8 Å². The van der Waals surface area contributed by atoms with Gasteiger partial charge in [0.15, 0.2) is 0 Å². The maximum atomic E-state index is 12.7. The zero-order valence-electron chi connectivity index (χ0n) is 14.3. The van der Waals surface area contributed by atoms with Crippen molar-refractivity contribution in [2.75, 3.05) is 0 Å². The van der Waals surface area contributed by atoms with Gasteiger partial charge >= 0.3 is 11.9 Å². The molecule has 0 aromatic rings. The molecular formula is C19H24O6. The van der Waals surface area contributed by atoms with Gasteiger partial charge in [-0.3, -0.25) is 9.59 Å². The van der Waals surface area contributed by atoms with E-state index in [9.17, 15) is 24.9 Å². The summed E-state index contributed by atoms with van der Waals surface area (Å²) < 4.78 is 5.96. The Morgan fingerprint density at radius 2 is 2.04 bits per heavy atom. The lowest BCUT2D eigenvalue weighted by atomic mass is 9.59. The number of carboxylic acids is 1. The second-order valence-corrected chi connectivity index (χ2v) is 9.29. The van der Waals surface area contributed by atoms with Gasteiger partial charge in [-0.25, -0.2) is 0 Å². The monoisotopic (exact) mass is 348 g/mol. The highest BCUT2D eigenvalue weighted by atomic mass is 16.6. The maximum Gasteiger partial charge on any atom is 0.315 e. The first kappa shape index (κ1) is 15.8. The van der Waals surface area contributed by atoms with Crippen LogP contribution >= 0.6 is 0 Å². The van der Waals surface area contributed by atoms with Crippen molar-refractivity contribution in [3.05, 3.63) is 12.2 Å². The Hall–Kier alpha value is -1.40. The van der Waals surface area contributed by atoms with E-state index in [-0.39, 0.29) is 5.92 Å². The summed E-state index contributed by atoms with van der Waals surface area (Å²) in [7, 11) is 0. The van der Waals surface area contributed by atoms with E-state index in [0.29, 0.717) is 44.1 Å². The van der Waals surface area contributed by atoms with Crippen LogP contribution in [0, 0.1) is 28.6 Å². The molecule has 5 rings (SSSR count).